The van der Waals surface area contributed by atoms with Crippen LogP contribution in [0.5, 0.6) is 0 Å². The molecule has 1 aromatic rings. The standard InChI is InChI=1S/C11H18BrN3O/c1-11(2,7-12)8-15-10(16)14-6-4-3-5-9(14)13-15/h3-8H2,1-2H3. The second kappa shape index (κ2) is 4.35. The molecule has 0 atom stereocenters. The van der Waals surface area contributed by atoms with Crippen LogP contribution >= 0.6 is 15.9 Å². The molecule has 5 heteroatoms. The van der Waals surface area contributed by atoms with Crippen molar-refractivity contribution >= 4 is 15.9 Å². The number of fused-ring (bicyclic) bond motifs is 1. The van der Waals surface area contributed by atoms with Crippen molar-refractivity contribution in [3.05, 3.63) is 16.3 Å². The summed E-state index contributed by atoms with van der Waals surface area (Å²) in [6, 6.07) is 0. The Kier molecular flexibility index (Phi) is 3.24. The van der Waals surface area contributed by atoms with E-state index in [0.29, 0.717) is 6.54 Å². The lowest BCUT2D eigenvalue weighted by molar-refractivity contribution is 0.327. The van der Waals surface area contributed by atoms with Crippen molar-refractivity contribution < 1.29 is 0 Å². The van der Waals surface area contributed by atoms with E-state index in [0.717, 1.165) is 37.0 Å². The van der Waals surface area contributed by atoms with Gasteiger partial charge in [0.15, 0.2) is 0 Å². The van der Waals surface area contributed by atoms with Crippen LogP contribution in [-0.4, -0.2) is 19.7 Å². The van der Waals surface area contributed by atoms with Crippen molar-refractivity contribution in [3.63, 3.8) is 0 Å². The van der Waals surface area contributed by atoms with Crippen LogP contribution in [0.25, 0.3) is 0 Å². The third kappa shape index (κ3) is 2.24. The predicted molar refractivity (Wildman–Crippen MR) is 67.0 cm³/mol. The van der Waals surface area contributed by atoms with Crippen molar-refractivity contribution in [2.24, 2.45) is 5.41 Å². The molecule has 0 N–H and O–H groups in total. The highest BCUT2D eigenvalue weighted by molar-refractivity contribution is 9.09. The van der Waals surface area contributed by atoms with Gasteiger partial charge in [0.25, 0.3) is 0 Å². The average molecular weight is 288 g/mol. The van der Waals surface area contributed by atoms with Crippen molar-refractivity contribution in [1.82, 2.24) is 14.3 Å². The number of aryl methyl sites for hydroxylation is 1. The van der Waals surface area contributed by atoms with Gasteiger partial charge in [0.2, 0.25) is 0 Å². The van der Waals surface area contributed by atoms with Crippen LogP contribution in [0.1, 0.15) is 32.5 Å². The molecule has 0 saturated carbocycles. The van der Waals surface area contributed by atoms with Crippen molar-refractivity contribution in [1.29, 1.82) is 0 Å². The molecule has 0 aliphatic carbocycles. The van der Waals surface area contributed by atoms with Gasteiger partial charge >= 0.3 is 5.69 Å². The van der Waals surface area contributed by atoms with E-state index in [1.807, 2.05) is 4.57 Å². The van der Waals surface area contributed by atoms with Crippen LogP contribution in [0.15, 0.2) is 4.79 Å². The average Bonchev–Trinajstić information content (AvgIpc) is 2.56. The minimum atomic E-state index is 0.0590. The maximum Gasteiger partial charge on any atom is 0.345 e. The third-order valence-electron chi connectivity index (χ3n) is 2.97. The van der Waals surface area contributed by atoms with Crippen LogP contribution < -0.4 is 5.69 Å². The molecule has 2 heterocycles. The molecule has 0 radical (unpaired) electrons. The summed E-state index contributed by atoms with van der Waals surface area (Å²) in [4.78, 5) is 12.1. The fourth-order valence-electron chi connectivity index (χ4n) is 2.00. The number of halogens is 1. The van der Waals surface area contributed by atoms with E-state index in [-0.39, 0.29) is 11.1 Å². The molecule has 0 unspecified atom stereocenters. The number of nitrogens with zero attached hydrogens (tertiary/aromatic N) is 3. The number of rotatable bonds is 3. The van der Waals surface area contributed by atoms with Gasteiger partial charge in [0.05, 0.1) is 6.54 Å². The van der Waals surface area contributed by atoms with Crippen molar-refractivity contribution in [3.8, 4) is 0 Å². The van der Waals surface area contributed by atoms with E-state index < -0.39 is 0 Å². The fourth-order valence-corrected chi connectivity index (χ4v) is 2.18. The second-order valence-corrected chi connectivity index (χ2v) is 5.82. The molecule has 0 fully saturated rings. The van der Waals surface area contributed by atoms with Gasteiger partial charge in [-0.1, -0.05) is 29.8 Å². The third-order valence-corrected chi connectivity index (χ3v) is 4.49. The van der Waals surface area contributed by atoms with E-state index >= 15 is 0 Å². The molecule has 2 rings (SSSR count). The van der Waals surface area contributed by atoms with Gasteiger partial charge in [0, 0.05) is 18.3 Å². The lowest BCUT2D eigenvalue weighted by Gasteiger charge is -2.20. The molecule has 4 nitrogen and oxygen atoms in total. The first kappa shape index (κ1) is 11.9. The molecule has 0 amide bonds. The Bertz CT molecular complexity index is 433. The van der Waals surface area contributed by atoms with E-state index in [4.69, 9.17) is 0 Å². The smallest absolute Gasteiger partial charge is 0.279 e. The number of alkyl halides is 1. The topological polar surface area (TPSA) is 39.8 Å². The monoisotopic (exact) mass is 287 g/mol. The molecule has 0 saturated heterocycles. The van der Waals surface area contributed by atoms with E-state index in [1.54, 1.807) is 4.68 Å². The maximum atomic E-state index is 12.1. The van der Waals surface area contributed by atoms with E-state index in [2.05, 4.69) is 34.9 Å². The minimum Gasteiger partial charge on any atom is -0.279 e. The summed E-state index contributed by atoms with van der Waals surface area (Å²) in [5.74, 6) is 0.960. The Balaban J connectivity index is 2.29. The van der Waals surface area contributed by atoms with Gasteiger partial charge in [-0.05, 0) is 18.3 Å². The first-order valence-electron chi connectivity index (χ1n) is 5.76. The zero-order valence-electron chi connectivity index (χ0n) is 9.87. The first-order chi connectivity index (χ1) is 7.53. The Morgan fingerprint density at radius 2 is 2.19 bits per heavy atom. The summed E-state index contributed by atoms with van der Waals surface area (Å²) in [6.45, 7) is 5.78. The summed E-state index contributed by atoms with van der Waals surface area (Å²) in [5, 5.41) is 5.30. The quantitative estimate of drug-likeness (QED) is 0.796. The maximum absolute atomic E-state index is 12.1. The molecule has 1 aromatic heterocycles. The summed E-state index contributed by atoms with van der Waals surface area (Å²) >= 11 is 3.47. The summed E-state index contributed by atoms with van der Waals surface area (Å²) in [6.07, 6.45) is 3.19. The Morgan fingerprint density at radius 1 is 1.44 bits per heavy atom. The van der Waals surface area contributed by atoms with Crippen LogP contribution in [0.3, 0.4) is 0 Å². The molecule has 0 bridgehead atoms. The van der Waals surface area contributed by atoms with Gasteiger partial charge in [0.1, 0.15) is 5.82 Å². The zero-order valence-corrected chi connectivity index (χ0v) is 11.5. The molecule has 1 aliphatic rings. The molecule has 0 aromatic carbocycles. The number of aromatic nitrogens is 3. The molecule has 90 valence electrons. The number of hydrogen-bond donors (Lipinski definition) is 0. The van der Waals surface area contributed by atoms with Crippen molar-refractivity contribution in [2.45, 2.75) is 46.2 Å². The van der Waals surface area contributed by atoms with Crippen LogP contribution in [0.4, 0.5) is 0 Å². The molecular weight excluding hydrogens is 270 g/mol. The first-order valence-corrected chi connectivity index (χ1v) is 6.88. The van der Waals surface area contributed by atoms with Gasteiger partial charge in [-0.2, -0.15) is 5.10 Å². The second-order valence-electron chi connectivity index (χ2n) is 5.26. The highest BCUT2D eigenvalue weighted by atomic mass is 79.9. The molecule has 16 heavy (non-hydrogen) atoms. The van der Waals surface area contributed by atoms with E-state index in [1.165, 1.54) is 0 Å². The molecular formula is C11H18BrN3O. The minimum absolute atomic E-state index is 0.0590. The van der Waals surface area contributed by atoms with Gasteiger partial charge in [-0.3, -0.25) is 4.57 Å². The summed E-state index contributed by atoms with van der Waals surface area (Å²) in [5.41, 5.74) is 0.123. The van der Waals surface area contributed by atoms with Gasteiger partial charge < -0.3 is 0 Å². The SMILES string of the molecule is CC(C)(CBr)Cn1nc2n(c1=O)CCCC2. The predicted octanol–water partition coefficient (Wildman–Crippen LogP) is 1.80. The zero-order chi connectivity index (χ0) is 11.8. The van der Waals surface area contributed by atoms with Crippen LogP contribution in [0.2, 0.25) is 0 Å². The highest BCUT2D eigenvalue weighted by Crippen LogP contribution is 2.20. The Labute approximate surface area is 104 Å². The lowest BCUT2D eigenvalue weighted by atomic mass is 9.97. The normalized spacial score (nSPS) is 16.2. The Morgan fingerprint density at radius 3 is 2.81 bits per heavy atom. The van der Waals surface area contributed by atoms with Gasteiger partial charge in [-0.25, -0.2) is 9.48 Å². The van der Waals surface area contributed by atoms with Crippen LogP contribution in [-0.2, 0) is 19.5 Å². The summed E-state index contributed by atoms with van der Waals surface area (Å²) in [7, 11) is 0. The van der Waals surface area contributed by atoms with E-state index in [9.17, 15) is 4.79 Å². The Hall–Kier alpha value is -0.580. The lowest BCUT2D eigenvalue weighted by Crippen LogP contribution is -2.32. The summed E-state index contributed by atoms with van der Waals surface area (Å²) < 4.78 is 3.45. The van der Waals surface area contributed by atoms with Gasteiger partial charge in [-0.15, -0.1) is 0 Å². The largest absolute Gasteiger partial charge is 0.345 e. The van der Waals surface area contributed by atoms with Crippen molar-refractivity contribution in [2.75, 3.05) is 5.33 Å². The molecule has 0 spiro atoms. The van der Waals surface area contributed by atoms with Crippen LogP contribution in [0, 0.1) is 5.41 Å². The fraction of sp³-hybridized carbons (Fsp3) is 0.818. The highest BCUT2D eigenvalue weighted by Gasteiger charge is 2.22. The molecule has 1 aliphatic heterocycles. The number of hydrogen-bond acceptors (Lipinski definition) is 2.